The fourth-order valence-electron chi connectivity index (χ4n) is 2.89. The second-order valence-corrected chi connectivity index (χ2v) is 5.75. The summed E-state index contributed by atoms with van der Waals surface area (Å²) < 4.78 is 5.63. The molecule has 1 amide bonds. The van der Waals surface area contributed by atoms with E-state index in [1.165, 1.54) is 0 Å². The molecule has 2 aromatic rings. The van der Waals surface area contributed by atoms with Crippen LogP contribution < -0.4 is 5.32 Å². The molecule has 0 spiro atoms. The van der Waals surface area contributed by atoms with Gasteiger partial charge in [0, 0.05) is 6.54 Å². The lowest BCUT2D eigenvalue weighted by Crippen LogP contribution is -2.34. The third kappa shape index (κ3) is 3.63. The molecule has 0 fully saturated rings. The number of carboxylic acid groups (broad SMARTS) is 1. The van der Waals surface area contributed by atoms with Crippen LogP contribution in [-0.2, 0) is 22.4 Å². The number of fused-ring (bicyclic) bond motifs is 1. The summed E-state index contributed by atoms with van der Waals surface area (Å²) in [5, 5.41) is 11.9. The van der Waals surface area contributed by atoms with Gasteiger partial charge in [-0.05, 0) is 41.7 Å². The van der Waals surface area contributed by atoms with E-state index in [1.807, 2.05) is 30.3 Å². The van der Waals surface area contributed by atoms with Crippen LogP contribution in [0.5, 0.6) is 0 Å². The van der Waals surface area contributed by atoms with Crippen molar-refractivity contribution in [3.63, 3.8) is 0 Å². The monoisotopic (exact) mass is 325 g/mol. The number of rotatable bonds is 5. The Morgan fingerprint density at radius 1 is 1.17 bits per heavy atom. The molecule has 0 aliphatic carbocycles. The molecule has 0 saturated carbocycles. The number of benzene rings is 2. The van der Waals surface area contributed by atoms with Gasteiger partial charge in [0.1, 0.15) is 0 Å². The fraction of sp³-hybridized carbons (Fsp3) is 0.263. The van der Waals surface area contributed by atoms with Crippen molar-refractivity contribution in [3.05, 3.63) is 70.8 Å². The Labute approximate surface area is 140 Å². The number of hydrogen-bond acceptors (Lipinski definition) is 3. The minimum absolute atomic E-state index is 0.156. The van der Waals surface area contributed by atoms with Crippen molar-refractivity contribution >= 4 is 11.9 Å². The molecule has 5 heteroatoms. The van der Waals surface area contributed by atoms with Crippen LogP contribution in [0, 0.1) is 0 Å². The number of carbonyl (C=O) groups is 2. The van der Waals surface area contributed by atoms with Crippen LogP contribution in [-0.4, -0.2) is 30.1 Å². The first-order chi connectivity index (χ1) is 11.6. The number of amides is 1. The molecule has 2 N–H and O–H groups in total. The Morgan fingerprint density at radius 2 is 2.00 bits per heavy atom. The maximum Gasteiger partial charge on any atom is 0.335 e. The summed E-state index contributed by atoms with van der Waals surface area (Å²) in [6.07, 6.45) is 0.823. The van der Waals surface area contributed by atoms with Crippen molar-refractivity contribution in [1.82, 2.24) is 5.32 Å². The standard InChI is InChI=1S/C19H19NO4/c21-18(17-16-7-2-1-5-14(16)9-11-24-17)20-10-8-13-4-3-6-15(12-13)19(22)23/h1-7,12,17H,8-11H2,(H,20,21)(H,22,23). The molecular formula is C19H19NO4. The van der Waals surface area contributed by atoms with Crippen molar-refractivity contribution in [2.45, 2.75) is 18.9 Å². The maximum atomic E-state index is 12.4. The van der Waals surface area contributed by atoms with Crippen molar-refractivity contribution in [2.24, 2.45) is 0 Å². The molecule has 0 aromatic heterocycles. The van der Waals surface area contributed by atoms with Crippen molar-refractivity contribution in [1.29, 1.82) is 0 Å². The predicted molar refractivity (Wildman–Crippen MR) is 89.0 cm³/mol. The largest absolute Gasteiger partial charge is 0.478 e. The summed E-state index contributed by atoms with van der Waals surface area (Å²) in [4.78, 5) is 23.4. The average Bonchev–Trinajstić information content (AvgIpc) is 2.61. The second-order valence-electron chi connectivity index (χ2n) is 5.75. The topological polar surface area (TPSA) is 75.6 Å². The van der Waals surface area contributed by atoms with Gasteiger partial charge in [-0.25, -0.2) is 4.79 Å². The zero-order chi connectivity index (χ0) is 16.9. The highest BCUT2D eigenvalue weighted by molar-refractivity contribution is 5.87. The van der Waals surface area contributed by atoms with Gasteiger partial charge in [-0.2, -0.15) is 0 Å². The van der Waals surface area contributed by atoms with Gasteiger partial charge in [-0.15, -0.1) is 0 Å². The summed E-state index contributed by atoms with van der Waals surface area (Å²) in [6.45, 7) is 0.972. The highest BCUT2D eigenvalue weighted by Gasteiger charge is 2.26. The van der Waals surface area contributed by atoms with Crippen LogP contribution in [0.1, 0.15) is 33.2 Å². The van der Waals surface area contributed by atoms with Gasteiger partial charge in [0.05, 0.1) is 12.2 Å². The van der Waals surface area contributed by atoms with Gasteiger partial charge in [0.15, 0.2) is 6.10 Å². The Kier molecular flexibility index (Phi) is 4.91. The van der Waals surface area contributed by atoms with E-state index in [1.54, 1.807) is 18.2 Å². The van der Waals surface area contributed by atoms with Gasteiger partial charge < -0.3 is 15.2 Å². The third-order valence-electron chi connectivity index (χ3n) is 4.12. The van der Waals surface area contributed by atoms with Crippen molar-refractivity contribution in [3.8, 4) is 0 Å². The van der Waals surface area contributed by atoms with Gasteiger partial charge in [0.2, 0.25) is 0 Å². The number of nitrogens with one attached hydrogen (secondary N) is 1. The first-order valence-electron chi connectivity index (χ1n) is 7.94. The van der Waals surface area contributed by atoms with Crippen molar-refractivity contribution in [2.75, 3.05) is 13.2 Å². The number of ether oxygens (including phenoxy) is 1. The van der Waals surface area contributed by atoms with Crippen LogP contribution in [0.4, 0.5) is 0 Å². The molecule has 24 heavy (non-hydrogen) atoms. The Hall–Kier alpha value is -2.66. The highest BCUT2D eigenvalue weighted by Crippen LogP contribution is 2.26. The summed E-state index contributed by atoms with van der Waals surface area (Å²) in [5.41, 5.74) is 3.20. The van der Waals surface area contributed by atoms with E-state index >= 15 is 0 Å². The lowest BCUT2D eigenvalue weighted by molar-refractivity contribution is -0.134. The second kappa shape index (κ2) is 7.27. The maximum absolute atomic E-state index is 12.4. The predicted octanol–water partition coefficient (Wildman–Crippen LogP) is 2.36. The van der Waals surface area contributed by atoms with Crippen LogP contribution in [0.2, 0.25) is 0 Å². The van der Waals surface area contributed by atoms with Gasteiger partial charge in [0.25, 0.3) is 5.91 Å². The first-order valence-corrected chi connectivity index (χ1v) is 7.94. The van der Waals surface area contributed by atoms with E-state index in [-0.39, 0.29) is 11.5 Å². The molecule has 1 atom stereocenters. The molecule has 0 saturated heterocycles. The van der Waals surface area contributed by atoms with E-state index in [2.05, 4.69) is 5.32 Å². The SMILES string of the molecule is O=C(O)c1cccc(CCNC(=O)C2OCCc3ccccc32)c1. The Balaban J connectivity index is 1.59. The zero-order valence-electron chi connectivity index (χ0n) is 13.2. The molecular weight excluding hydrogens is 306 g/mol. The van der Waals surface area contributed by atoms with E-state index in [9.17, 15) is 9.59 Å². The van der Waals surface area contributed by atoms with Crippen LogP contribution in [0.15, 0.2) is 48.5 Å². The van der Waals surface area contributed by atoms with E-state index in [4.69, 9.17) is 9.84 Å². The summed E-state index contributed by atoms with van der Waals surface area (Å²) in [6, 6.07) is 14.6. The van der Waals surface area contributed by atoms with Crippen LogP contribution >= 0.6 is 0 Å². The normalized spacial score (nSPS) is 16.2. The molecule has 2 aromatic carbocycles. The quantitative estimate of drug-likeness (QED) is 0.885. The highest BCUT2D eigenvalue weighted by atomic mass is 16.5. The molecule has 1 heterocycles. The van der Waals surface area contributed by atoms with Crippen LogP contribution in [0.3, 0.4) is 0 Å². The Morgan fingerprint density at radius 3 is 2.83 bits per heavy atom. The number of hydrogen-bond donors (Lipinski definition) is 2. The number of carboxylic acids is 1. The minimum atomic E-state index is -0.951. The van der Waals surface area contributed by atoms with E-state index in [0.29, 0.717) is 19.6 Å². The smallest absolute Gasteiger partial charge is 0.335 e. The zero-order valence-corrected chi connectivity index (χ0v) is 13.2. The minimum Gasteiger partial charge on any atom is -0.478 e. The first kappa shape index (κ1) is 16.2. The molecule has 1 unspecified atom stereocenters. The van der Waals surface area contributed by atoms with E-state index in [0.717, 1.165) is 23.1 Å². The van der Waals surface area contributed by atoms with Crippen molar-refractivity contribution < 1.29 is 19.4 Å². The number of carbonyl (C=O) groups excluding carboxylic acids is 1. The molecule has 0 radical (unpaired) electrons. The van der Waals surface area contributed by atoms with Gasteiger partial charge in [-0.3, -0.25) is 4.79 Å². The lowest BCUT2D eigenvalue weighted by atomic mass is 9.97. The van der Waals surface area contributed by atoms with Gasteiger partial charge >= 0.3 is 5.97 Å². The third-order valence-corrected chi connectivity index (χ3v) is 4.12. The summed E-state index contributed by atoms with van der Waals surface area (Å²) in [5.74, 6) is -1.11. The Bertz CT molecular complexity index is 757. The molecule has 0 bridgehead atoms. The summed E-state index contributed by atoms with van der Waals surface area (Å²) in [7, 11) is 0. The average molecular weight is 325 g/mol. The molecule has 1 aliphatic heterocycles. The van der Waals surface area contributed by atoms with Gasteiger partial charge in [-0.1, -0.05) is 36.4 Å². The molecule has 124 valence electrons. The number of aromatic carboxylic acids is 1. The molecule has 3 rings (SSSR count). The fourth-order valence-corrected chi connectivity index (χ4v) is 2.89. The lowest BCUT2D eigenvalue weighted by Gasteiger charge is -2.25. The molecule has 5 nitrogen and oxygen atoms in total. The summed E-state index contributed by atoms with van der Waals surface area (Å²) >= 11 is 0. The van der Waals surface area contributed by atoms with E-state index < -0.39 is 12.1 Å². The molecule has 1 aliphatic rings. The van der Waals surface area contributed by atoms with Crippen LogP contribution in [0.25, 0.3) is 0 Å².